The summed E-state index contributed by atoms with van der Waals surface area (Å²) < 4.78 is 136. The molecule has 0 aromatic carbocycles. The molecular weight excluding hydrogens is 634 g/mol. The second kappa shape index (κ2) is 12.9. The predicted octanol–water partition coefficient (Wildman–Crippen LogP) is -0.965. The number of hydrogen-bond donors (Lipinski definition) is 4. The molecule has 0 aliphatic heterocycles. The second-order valence-corrected chi connectivity index (χ2v) is 4.95. The van der Waals surface area contributed by atoms with E-state index >= 15 is 0 Å². The quantitative estimate of drug-likeness (QED) is 0.143. The molecule has 0 unspecified atom stereocenters. The first-order valence-corrected chi connectivity index (χ1v) is 8.04. The minimum Gasteiger partial charge on any atom is -0.260 e. The third-order valence-electron chi connectivity index (χ3n) is 0. The molecule has 0 heterocycles. The Kier molecular flexibility index (Phi) is 20.4. The van der Waals surface area contributed by atoms with Crippen LogP contribution in [0.1, 0.15) is 0 Å². The Bertz CT molecular complexity index is 486. The summed E-state index contributed by atoms with van der Waals surface area (Å²) in [5, 5.41) is 0. The van der Waals surface area contributed by atoms with E-state index in [1.165, 1.54) is 0 Å². The molecule has 0 fully saturated rings. The second-order valence-electron chi connectivity index (χ2n) is 1.65. The Morgan fingerprint density at radius 3 is 0.429 bits per heavy atom. The van der Waals surface area contributed by atoms with Crippen molar-refractivity contribution in [1.82, 2.24) is 0 Å². The fourth-order valence-electron chi connectivity index (χ4n) is 0. The van der Waals surface area contributed by atoms with Crippen molar-refractivity contribution in [3.63, 3.8) is 0 Å². The van der Waals surface area contributed by atoms with Crippen LogP contribution in [0.25, 0.3) is 0 Å². The van der Waals surface area contributed by atoms with Gasteiger partial charge in [-0.2, -0.15) is 33.7 Å². The Hall–Kier alpha value is 0.412. The van der Waals surface area contributed by atoms with Crippen molar-refractivity contribution < 1.29 is 98.5 Å². The molecule has 21 heteroatoms. The van der Waals surface area contributed by atoms with Crippen molar-refractivity contribution >= 4 is 42.0 Å². The van der Waals surface area contributed by atoms with Gasteiger partial charge >= 0.3 is 42.0 Å². The number of hydrogen-bond acceptors (Lipinski definition) is 8. The van der Waals surface area contributed by atoms with Crippen molar-refractivity contribution in [2.75, 3.05) is 0 Å². The molecule has 132 valence electrons. The third-order valence-corrected chi connectivity index (χ3v) is 0. The monoisotopic (exact) mass is 638 g/mol. The maximum atomic E-state index is 10.2. The number of halogens is 4. The van der Waals surface area contributed by atoms with Gasteiger partial charge < -0.3 is 0 Å². The van der Waals surface area contributed by atoms with Crippen LogP contribution in [0.4, 0.5) is 15.5 Å². The molecule has 21 heavy (non-hydrogen) atoms. The van der Waals surface area contributed by atoms with Gasteiger partial charge in [0.2, 0.25) is 0 Å². The molecule has 0 saturated carbocycles. The molecule has 0 atom stereocenters. The van der Waals surface area contributed by atoms with Gasteiger partial charge in [0.15, 0.2) is 0 Å². The van der Waals surface area contributed by atoms with Crippen LogP contribution in [-0.2, 0) is 42.0 Å². The predicted molar refractivity (Wildman–Crippen MR) is 50.6 cm³/mol. The van der Waals surface area contributed by atoms with E-state index in [-0.39, 0.29) is 31.1 Å². The first-order valence-electron chi connectivity index (χ1n) is 2.68. The average molecular weight is 638 g/mol. The molecule has 0 amide bonds. The zero-order valence-corrected chi connectivity index (χ0v) is 16.1. The van der Waals surface area contributed by atoms with Gasteiger partial charge in [-0.25, -0.2) is 0 Å². The van der Waals surface area contributed by atoms with Gasteiger partial charge in [0, 0.05) is 31.1 Å². The van der Waals surface area contributed by atoms with Crippen molar-refractivity contribution in [2.45, 2.75) is 0 Å². The fourth-order valence-corrected chi connectivity index (χ4v) is 0. The molecule has 0 aliphatic carbocycles. The Morgan fingerprint density at radius 1 is 0.429 bits per heavy atom. The zero-order valence-electron chi connectivity index (χ0n) is 8.70. The minimum absolute atomic E-state index is 0. The van der Waals surface area contributed by atoms with Crippen molar-refractivity contribution in [3.05, 3.63) is 0 Å². The van der Waals surface area contributed by atoms with E-state index in [0.29, 0.717) is 0 Å². The van der Waals surface area contributed by atoms with Crippen LogP contribution in [0.15, 0.2) is 0 Å². The van der Waals surface area contributed by atoms with Crippen LogP contribution < -0.4 is 0 Å². The maximum absolute atomic E-state index is 10.2. The van der Waals surface area contributed by atoms with Gasteiger partial charge in [-0.05, 0) is 0 Å². The summed E-state index contributed by atoms with van der Waals surface area (Å²) in [6, 6.07) is 0. The SMILES string of the molecule is O=S(=O)(O)F.O=S(=O)(O)F.O=S(=O)(O)F.O=S(=O)(O)F.[U]. The first kappa shape index (κ1) is 33.1. The largest absolute Gasteiger partial charge is 0.435 e. The molecule has 0 aromatic rings. The molecule has 0 spiro atoms. The first-order chi connectivity index (χ1) is 8.00. The summed E-state index contributed by atoms with van der Waals surface area (Å²) in [5.41, 5.74) is 0. The summed E-state index contributed by atoms with van der Waals surface area (Å²) in [7, 11) is -20.7. The van der Waals surface area contributed by atoms with Gasteiger partial charge in [-0.1, -0.05) is 15.5 Å². The van der Waals surface area contributed by atoms with E-state index in [4.69, 9.17) is 51.9 Å². The molecule has 0 radical (unpaired) electrons. The van der Waals surface area contributed by atoms with Gasteiger partial charge in [-0.15, -0.1) is 0 Å². The molecule has 0 aromatic heterocycles. The maximum Gasteiger partial charge on any atom is 0.435 e. The smallest absolute Gasteiger partial charge is 0.260 e. The number of rotatable bonds is 0. The Labute approximate surface area is 140 Å². The normalized spacial score (nSPS) is 11.0. The summed E-state index contributed by atoms with van der Waals surface area (Å²) in [6.45, 7) is 0. The summed E-state index contributed by atoms with van der Waals surface area (Å²) >= 11 is 0. The molecule has 0 bridgehead atoms. The van der Waals surface area contributed by atoms with Gasteiger partial charge in [0.05, 0.1) is 0 Å². The third kappa shape index (κ3) is 40800. The Balaban J connectivity index is -0.0000000533. The average Bonchev–Trinajstić information content (AvgIpc) is 1.62. The Morgan fingerprint density at radius 2 is 0.429 bits per heavy atom. The summed E-state index contributed by atoms with van der Waals surface area (Å²) in [6.07, 6.45) is 0. The fraction of sp³-hybridized carbons (Fsp3) is 0. The minimum atomic E-state index is -5.17. The van der Waals surface area contributed by atoms with Crippen LogP contribution in [-0.4, -0.2) is 51.9 Å². The summed E-state index contributed by atoms with van der Waals surface area (Å²) in [5.74, 6) is 0. The zero-order chi connectivity index (χ0) is 18.0. The molecule has 12 nitrogen and oxygen atoms in total. The van der Waals surface area contributed by atoms with E-state index in [0.717, 1.165) is 0 Å². The molecular formula is H4F4O12S4U. The van der Waals surface area contributed by atoms with Crippen LogP contribution >= 0.6 is 0 Å². The van der Waals surface area contributed by atoms with E-state index < -0.39 is 42.0 Å². The van der Waals surface area contributed by atoms with Crippen molar-refractivity contribution in [3.8, 4) is 0 Å². The van der Waals surface area contributed by atoms with Crippen LogP contribution in [0.2, 0.25) is 0 Å². The van der Waals surface area contributed by atoms with Gasteiger partial charge in [0.1, 0.15) is 0 Å². The van der Waals surface area contributed by atoms with Crippen LogP contribution in [0.3, 0.4) is 0 Å². The molecule has 0 aliphatic rings. The molecule has 0 rings (SSSR count). The van der Waals surface area contributed by atoms with E-state index in [1.54, 1.807) is 0 Å². The standard InChI is InChI=1S/4FHO3S.U/c4*1-5(2,3)4;/h4*(H,2,3,4);. The topological polar surface area (TPSA) is 217 Å². The van der Waals surface area contributed by atoms with E-state index in [2.05, 4.69) is 0 Å². The van der Waals surface area contributed by atoms with Crippen LogP contribution in [0, 0.1) is 31.1 Å². The van der Waals surface area contributed by atoms with Crippen molar-refractivity contribution in [2.24, 2.45) is 0 Å². The van der Waals surface area contributed by atoms with Gasteiger partial charge in [0.25, 0.3) is 0 Å². The molecule has 0 saturated heterocycles. The van der Waals surface area contributed by atoms with E-state index in [1.807, 2.05) is 0 Å². The molecule has 4 N–H and O–H groups in total. The summed E-state index contributed by atoms with van der Waals surface area (Å²) in [4.78, 5) is 0. The van der Waals surface area contributed by atoms with Crippen molar-refractivity contribution in [1.29, 1.82) is 0 Å². The van der Waals surface area contributed by atoms with E-state index in [9.17, 15) is 15.5 Å². The van der Waals surface area contributed by atoms with Gasteiger partial charge in [-0.3, -0.25) is 18.2 Å². The van der Waals surface area contributed by atoms with Crippen LogP contribution in [0.5, 0.6) is 0 Å².